The van der Waals surface area contributed by atoms with Crippen molar-refractivity contribution in [3.8, 4) is 0 Å². The summed E-state index contributed by atoms with van der Waals surface area (Å²) in [5.74, 6) is -2.84. The first-order valence-electron chi connectivity index (χ1n) is 11.8. The summed E-state index contributed by atoms with van der Waals surface area (Å²) in [6.45, 7) is 1.72. The molecule has 36 heavy (non-hydrogen) atoms. The van der Waals surface area contributed by atoms with Crippen LogP contribution in [-0.2, 0) is 23.9 Å². The highest BCUT2D eigenvalue weighted by atomic mass is 16.5. The lowest BCUT2D eigenvalue weighted by Crippen LogP contribution is -2.30. The van der Waals surface area contributed by atoms with Gasteiger partial charge < -0.3 is 14.8 Å². The van der Waals surface area contributed by atoms with Crippen molar-refractivity contribution in [3.05, 3.63) is 71.8 Å². The van der Waals surface area contributed by atoms with Gasteiger partial charge in [0.2, 0.25) is 11.8 Å². The van der Waals surface area contributed by atoms with Crippen molar-refractivity contribution in [3.63, 3.8) is 0 Å². The van der Waals surface area contributed by atoms with Crippen LogP contribution in [0.4, 0.5) is 11.4 Å². The number of fused-ring (bicyclic) bond motifs is 1. The Morgan fingerprint density at radius 1 is 0.833 bits per heavy atom. The number of imide groups is 1. The molecule has 1 N–H and O–H groups in total. The van der Waals surface area contributed by atoms with Crippen molar-refractivity contribution in [2.24, 2.45) is 11.8 Å². The number of nitrogens with zero attached hydrogens (tertiary/aromatic N) is 1. The number of allylic oxidation sites excluding steroid dienone is 2. The lowest BCUT2D eigenvalue weighted by atomic mass is 9.85. The number of esters is 2. The Bertz CT molecular complexity index is 1180. The van der Waals surface area contributed by atoms with E-state index < -0.39 is 24.5 Å². The number of ether oxygens (including phenoxy) is 2. The normalized spacial score (nSPS) is 18.5. The third-order valence-electron chi connectivity index (χ3n) is 6.04. The first-order chi connectivity index (χ1) is 17.4. The minimum Gasteiger partial charge on any atom is -0.462 e. The number of hydrogen-bond acceptors (Lipinski definition) is 7. The second-order valence-corrected chi connectivity index (χ2v) is 8.55. The zero-order valence-electron chi connectivity index (χ0n) is 19.8. The van der Waals surface area contributed by atoms with E-state index in [0.29, 0.717) is 36.4 Å². The van der Waals surface area contributed by atoms with E-state index in [1.54, 1.807) is 12.1 Å². The Kier molecular flexibility index (Phi) is 7.58. The van der Waals surface area contributed by atoms with Gasteiger partial charge in [0.05, 0.1) is 35.3 Å². The molecule has 2 atom stereocenters. The topological polar surface area (TPSA) is 119 Å². The van der Waals surface area contributed by atoms with Crippen molar-refractivity contribution in [1.82, 2.24) is 0 Å². The zero-order chi connectivity index (χ0) is 25.7. The number of benzene rings is 2. The van der Waals surface area contributed by atoms with Crippen molar-refractivity contribution < 1.29 is 33.4 Å². The number of carbonyl (C=O) groups excluding carboxylic acids is 5. The summed E-state index contributed by atoms with van der Waals surface area (Å²) in [7, 11) is 0. The lowest BCUT2D eigenvalue weighted by molar-refractivity contribution is -0.122. The average molecular weight is 491 g/mol. The fourth-order valence-corrected chi connectivity index (χ4v) is 4.18. The van der Waals surface area contributed by atoms with E-state index in [1.807, 2.05) is 19.1 Å². The number of anilines is 2. The summed E-state index contributed by atoms with van der Waals surface area (Å²) in [5, 5.41) is 2.58. The summed E-state index contributed by atoms with van der Waals surface area (Å²) in [6, 6.07) is 12.1. The molecule has 186 valence electrons. The van der Waals surface area contributed by atoms with Gasteiger partial charge in [-0.3, -0.25) is 19.3 Å². The molecule has 9 nitrogen and oxygen atoms in total. The molecule has 0 aromatic heterocycles. The first kappa shape index (κ1) is 24.8. The van der Waals surface area contributed by atoms with E-state index in [9.17, 15) is 24.0 Å². The largest absolute Gasteiger partial charge is 0.462 e. The smallest absolute Gasteiger partial charge is 0.338 e. The van der Waals surface area contributed by atoms with Gasteiger partial charge in [0.25, 0.3) is 5.91 Å². The third-order valence-corrected chi connectivity index (χ3v) is 6.04. The predicted molar refractivity (Wildman–Crippen MR) is 130 cm³/mol. The highest BCUT2D eigenvalue weighted by molar-refractivity contribution is 6.22. The first-order valence-corrected chi connectivity index (χ1v) is 11.8. The van der Waals surface area contributed by atoms with E-state index in [-0.39, 0.29) is 29.2 Å². The molecule has 1 fully saturated rings. The summed E-state index contributed by atoms with van der Waals surface area (Å²) >= 11 is 0. The molecule has 9 heteroatoms. The van der Waals surface area contributed by atoms with Gasteiger partial charge in [0.15, 0.2) is 6.61 Å². The number of rotatable bonds is 8. The molecule has 2 aliphatic rings. The van der Waals surface area contributed by atoms with E-state index in [0.717, 1.165) is 6.42 Å². The molecule has 2 aromatic rings. The second kappa shape index (κ2) is 11.0. The van der Waals surface area contributed by atoms with E-state index in [2.05, 4.69) is 5.32 Å². The molecule has 0 spiro atoms. The minimum atomic E-state index is -0.720. The third kappa shape index (κ3) is 5.35. The fourth-order valence-electron chi connectivity index (χ4n) is 4.18. The van der Waals surface area contributed by atoms with Gasteiger partial charge in [-0.05, 0) is 67.8 Å². The highest BCUT2D eigenvalue weighted by Crippen LogP contribution is 2.37. The summed E-state index contributed by atoms with van der Waals surface area (Å²) in [5.41, 5.74) is 1.38. The number of nitrogens with one attached hydrogen (secondary N) is 1. The molecule has 0 radical (unpaired) electrons. The Morgan fingerprint density at radius 3 is 1.92 bits per heavy atom. The van der Waals surface area contributed by atoms with Crippen LogP contribution >= 0.6 is 0 Å². The molecule has 1 saturated heterocycles. The van der Waals surface area contributed by atoms with Crippen LogP contribution in [0.1, 0.15) is 46.9 Å². The molecule has 2 aromatic carbocycles. The number of hydrogen-bond donors (Lipinski definition) is 1. The monoisotopic (exact) mass is 490 g/mol. The Morgan fingerprint density at radius 2 is 1.36 bits per heavy atom. The van der Waals surface area contributed by atoms with Crippen LogP contribution in [0.3, 0.4) is 0 Å². The summed E-state index contributed by atoms with van der Waals surface area (Å²) in [6.07, 6.45) is 5.66. The number of carbonyl (C=O) groups is 5. The van der Waals surface area contributed by atoms with Crippen molar-refractivity contribution in [1.29, 1.82) is 0 Å². The molecule has 0 saturated carbocycles. The molecular weight excluding hydrogens is 464 g/mol. The van der Waals surface area contributed by atoms with Crippen LogP contribution in [0.5, 0.6) is 0 Å². The summed E-state index contributed by atoms with van der Waals surface area (Å²) < 4.78 is 10.1. The van der Waals surface area contributed by atoms with Crippen molar-refractivity contribution in [2.75, 3.05) is 23.4 Å². The lowest BCUT2D eigenvalue weighted by Gasteiger charge is -2.15. The zero-order valence-corrected chi connectivity index (χ0v) is 19.8. The molecule has 1 heterocycles. The van der Waals surface area contributed by atoms with Gasteiger partial charge in [0.1, 0.15) is 0 Å². The molecule has 0 bridgehead atoms. The maximum atomic E-state index is 12.7. The molecular formula is C27H26N2O7. The number of amides is 3. The molecule has 1 aliphatic carbocycles. The molecule has 4 rings (SSSR count). The second-order valence-electron chi connectivity index (χ2n) is 8.55. The molecule has 1 aliphatic heterocycles. The SMILES string of the molecule is CCCOC(=O)c1ccc(NC(=O)COC(=O)c2ccc(N3C(=O)[C@H]4CC=CC[C@H]4C3=O)cc2)cc1. The van der Waals surface area contributed by atoms with Gasteiger partial charge in [-0.15, -0.1) is 0 Å². The summed E-state index contributed by atoms with van der Waals surface area (Å²) in [4.78, 5) is 62.9. The predicted octanol–water partition coefficient (Wildman–Crippen LogP) is 3.50. The quantitative estimate of drug-likeness (QED) is 0.342. The van der Waals surface area contributed by atoms with Crippen molar-refractivity contribution in [2.45, 2.75) is 26.2 Å². The van der Waals surface area contributed by atoms with Gasteiger partial charge in [-0.25, -0.2) is 9.59 Å². The van der Waals surface area contributed by atoms with E-state index in [1.165, 1.54) is 41.3 Å². The van der Waals surface area contributed by atoms with Crippen molar-refractivity contribution >= 4 is 41.0 Å². The van der Waals surface area contributed by atoms with Crippen LogP contribution in [-0.4, -0.2) is 42.9 Å². The Labute approximate surface area is 208 Å². The highest BCUT2D eigenvalue weighted by Gasteiger charge is 2.47. The van der Waals surface area contributed by atoms with Crippen LogP contribution in [0, 0.1) is 11.8 Å². The Balaban J connectivity index is 1.29. The standard InChI is InChI=1S/C27H26N2O7/c1-2-15-35-26(33)17-7-11-19(12-8-17)28-23(30)16-36-27(34)18-9-13-20(14-10-18)29-24(31)21-5-3-4-6-22(21)25(29)32/h3-4,7-14,21-22H,2,5-6,15-16H2,1H3,(H,28,30)/t21-,22+. The maximum absolute atomic E-state index is 12.7. The van der Waals surface area contributed by atoms with Crippen LogP contribution < -0.4 is 10.2 Å². The minimum absolute atomic E-state index is 0.180. The van der Waals surface area contributed by atoms with Crippen LogP contribution in [0.25, 0.3) is 0 Å². The van der Waals surface area contributed by atoms with Gasteiger partial charge in [-0.2, -0.15) is 0 Å². The maximum Gasteiger partial charge on any atom is 0.338 e. The van der Waals surface area contributed by atoms with Crippen LogP contribution in [0.15, 0.2) is 60.7 Å². The molecule has 3 amide bonds. The fraction of sp³-hybridized carbons (Fsp3) is 0.296. The average Bonchev–Trinajstić information content (AvgIpc) is 3.16. The van der Waals surface area contributed by atoms with Gasteiger partial charge >= 0.3 is 11.9 Å². The van der Waals surface area contributed by atoms with Crippen LogP contribution in [0.2, 0.25) is 0 Å². The van der Waals surface area contributed by atoms with E-state index >= 15 is 0 Å². The molecule has 0 unspecified atom stereocenters. The van der Waals surface area contributed by atoms with Gasteiger partial charge in [-0.1, -0.05) is 19.1 Å². The Hall–Kier alpha value is -4.27. The van der Waals surface area contributed by atoms with Gasteiger partial charge in [0, 0.05) is 5.69 Å². The van der Waals surface area contributed by atoms with E-state index in [4.69, 9.17) is 9.47 Å².